The Kier molecular flexibility index (Phi) is 29.9. The topological polar surface area (TPSA) is 110 Å². The van der Waals surface area contributed by atoms with E-state index < -0.39 is 12.2 Å². The van der Waals surface area contributed by atoms with Crippen molar-refractivity contribution in [3.8, 4) is 0 Å². The van der Waals surface area contributed by atoms with Crippen LogP contribution in [0.4, 0.5) is 0 Å². The van der Waals surface area contributed by atoms with Crippen LogP contribution in [-0.2, 0) is 23.9 Å². The van der Waals surface area contributed by atoms with Gasteiger partial charge in [-0.05, 0) is 44.1 Å². The second kappa shape index (κ2) is 32.6. The van der Waals surface area contributed by atoms with Gasteiger partial charge in [-0.1, -0.05) is 166 Å². The normalized spacial score (nSPS) is 17.2. The molecule has 0 radical (unpaired) electrons. The van der Waals surface area contributed by atoms with Gasteiger partial charge in [0.15, 0.2) is 5.78 Å². The summed E-state index contributed by atoms with van der Waals surface area (Å²) in [5.74, 6) is -0.782. The van der Waals surface area contributed by atoms with Gasteiger partial charge < -0.3 is 19.7 Å². The van der Waals surface area contributed by atoms with Crippen molar-refractivity contribution in [2.45, 2.75) is 193 Å². The second-order valence-corrected chi connectivity index (χ2v) is 14.4. The zero-order chi connectivity index (χ0) is 36.5. The lowest BCUT2D eigenvalue weighted by Gasteiger charge is -2.13. The van der Waals surface area contributed by atoms with E-state index in [4.69, 9.17) is 9.47 Å². The third kappa shape index (κ3) is 26.5. The second-order valence-electron chi connectivity index (χ2n) is 14.4. The minimum Gasteiger partial charge on any atom is -0.463 e. The number of unbranched alkanes of at least 4 members (excludes halogenated alkanes) is 19. The molecule has 0 amide bonds. The molecule has 0 bridgehead atoms. The number of hydrogen-bond acceptors (Lipinski definition) is 7. The SMILES string of the molecule is CCCCCCCCCCCCCCCCCCCC(=O)OC[C@H](O)COC(=O)CCC/C=C\C[C@H]1C=CC(=O)[C@@H]1/C=C/[C@@H](O)CCCCC. The van der Waals surface area contributed by atoms with Gasteiger partial charge >= 0.3 is 11.9 Å². The summed E-state index contributed by atoms with van der Waals surface area (Å²) >= 11 is 0. The first kappa shape index (κ1) is 45.8. The van der Waals surface area contributed by atoms with Crippen LogP contribution in [-0.4, -0.2) is 53.4 Å². The van der Waals surface area contributed by atoms with Gasteiger partial charge in [-0.2, -0.15) is 0 Å². The molecule has 7 heteroatoms. The van der Waals surface area contributed by atoms with E-state index in [0.29, 0.717) is 19.3 Å². The van der Waals surface area contributed by atoms with Crippen LogP contribution in [0.1, 0.15) is 181 Å². The molecule has 0 aromatic heterocycles. The number of aliphatic hydroxyl groups excluding tert-OH is 2. The lowest BCUT2D eigenvalue weighted by Crippen LogP contribution is -2.25. The van der Waals surface area contributed by atoms with E-state index >= 15 is 0 Å². The number of esters is 2. The zero-order valence-corrected chi connectivity index (χ0v) is 32.0. The average Bonchev–Trinajstić information content (AvgIpc) is 3.46. The molecule has 2 N–H and O–H groups in total. The minimum atomic E-state index is -1.03. The molecule has 288 valence electrons. The lowest BCUT2D eigenvalue weighted by molar-refractivity contribution is -0.152. The van der Waals surface area contributed by atoms with Gasteiger partial charge in [0.1, 0.15) is 19.3 Å². The highest BCUT2D eigenvalue weighted by atomic mass is 16.6. The number of carbonyl (C=O) groups is 3. The fourth-order valence-corrected chi connectivity index (χ4v) is 6.37. The van der Waals surface area contributed by atoms with Crippen LogP contribution in [0.25, 0.3) is 0 Å². The zero-order valence-electron chi connectivity index (χ0n) is 32.0. The summed E-state index contributed by atoms with van der Waals surface area (Å²) in [6.07, 6.45) is 38.2. The molecule has 0 aliphatic heterocycles. The Hall–Kier alpha value is -2.25. The third-order valence-corrected chi connectivity index (χ3v) is 9.63. The van der Waals surface area contributed by atoms with Crippen LogP contribution in [0.15, 0.2) is 36.5 Å². The van der Waals surface area contributed by atoms with Crippen molar-refractivity contribution in [3.63, 3.8) is 0 Å². The first-order chi connectivity index (χ1) is 24.4. The lowest BCUT2D eigenvalue weighted by atomic mass is 9.90. The number of rotatable bonds is 34. The molecule has 1 aliphatic carbocycles. The summed E-state index contributed by atoms with van der Waals surface area (Å²) in [5.41, 5.74) is 0. The fourth-order valence-electron chi connectivity index (χ4n) is 6.37. The maximum absolute atomic E-state index is 12.3. The van der Waals surface area contributed by atoms with Crippen LogP contribution in [0.3, 0.4) is 0 Å². The van der Waals surface area contributed by atoms with Gasteiger partial charge in [0, 0.05) is 18.8 Å². The monoisotopic (exact) mass is 703 g/mol. The Bertz CT molecular complexity index is 940. The first-order valence-electron chi connectivity index (χ1n) is 20.6. The molecular weight excluding hydrogens is 628 g/mol. The fraction of sp³-hybridized carbons (Fsp3) is 0.791. The number of aliphatic hydroxyl groups is 2. The summed E-state index contributed by atoms with van der Waals surface area (Å²) in [4.78, 5) is 36.3. The Morgan fingerprint density at radius 1 is 0.680 bits per heavy atom. The predicted molar refractivity (Wildman–Crippen MR) is 205 cm³/mol. The number of allylic oxidation sites excluding steroid dienone is 5. The van der Waals surface area contributed by atoms with Crippen molar-refractivity contribution >= 4 is 17.7 Å². The van der Waals surface area contributed by atoms with Gasteiger partial charge in [0.25, 0.3) is 0 Å². The van der Waals surface area contributed by atoms with E-state index in [0.717, 1.165) is 51.4 Å². The molecule has 0 spiro atoms. The van der Waals surface area contributed by atoms with Crippen molar-refractivity contribution < 1.29 is 34.1 Å². The van der Waals surface area contributed by atoms with Crippen molar-refractivity contribution in [1.29, 1.82) is 0 Å². The highest BCUT2D eigenvalue weighted by Crippen LogP contribution is 2.27. The number of ketones is 1. The Balaban J connectivity index is 1.97. The molecule has 0 aromatic rings. The molecule has 0 heterocycles. The maximum Gasteiger partial charge on any atom is 0.305 e. The number of ether oxygens (including phenoxy) is 2. The average molecular weight is 703 g/mol. The molecule has 0 saturated heterocycles. The standard InChI is InChI=1S/C43H74O7/c1-3-5-7-8-9-10-11-12-13-14-15-16-17-18-19-20-25-29-42(47)49-35-39(45)36-50-43(48)30-26-22-21-24-27-37-31-34-41(46)40(37)33-32-38(44)28-23-6-4-2/h21,24,31-34,37-40,44-45H,3-20,22-23,25-30,35-36H2,1-2H3/b24-21-,33-32+/t37-,38-,39-,40+/m0/s1. The summed E-state index contributed by atoms with van der Waals surface area (Å²) in [6.45, 7) is 4.04. The summed E-state index contributed by atoms with van der Waals surface area (Å²) in [5, 5.41) is 20.2. The van der Waals surface area contributed by atoms with Crippen LogP contribution in [0, 0.1) is 11.8 Å². The quantitative estimate of drug-likeness (QED) is 0.0390. The Morgan fingerprint density at radius 2 is 1.16 bits per heavy atom. The molecule has 7 nitrogen and oxygen atoms in total. The summed E-state index contributed by atoms with van der Waals surface area (Å²) < 4.78 is 10.3. The highest BCUT2D eigenvalue weighted by molar-refractivity contribution is 5.95. The van der Waals surface area contributed by atoms with Crippen molar-refractivity contribution in [2.75, 3.05) is 13.2 Å². The van der Waals surface area contributed by atoms with E-state index in [9.17, 15) is 24.6 Å². The van der Waals surface area contributed by atoms with Gasteiger partial charge in [0.05, 0.1) is 6.10 Å². The largest absolute Gasteiger partial charge is 0.463 e. The van der Waals surface area contributed by atoms with Gasteiger partial charge in [-0.3, -0.25) is 14.4 Å². The van der Waals surface area contributed by atoms with Crippen molar-refractivity contribution in [2.24, 2.45) is 11.8 Å². The summed E-state index contributed by atoms with van der Waals surface area (Å²) in [6, 6.07) is 0. The van der Waals surface area contributed by atoms with E-state index in [1.807, 2.05) is 24.3 Å². The smallest absolute Gasteiger partial charge is 0.305 e. The highest BCUT2D eigenvalue weighted by Gasteiger charge is 2.27. The molecule has 50 heavy (non-hydrogen) atoms. The predicted octanol–water partition coefficient (Wildman–Crippen LogP) is 10.5. The molecule has 4 atom stereocenters. The number of hydrogen-bond donors (Lipinski definition) is 2. The van der Waals surface area contributed by atoms with Crippen LogP contribution < -0.4 is 0 Å². The Morgan fingerprint density at radius 3 is 1.70 bits per heavy atom. The third-order valence-electron chi connectivity index (χ3n) is 9.63. The molecule has 1 aliphatic rings. The van der Waals surface area contributed by atoms with E-state index in [2.05, 4.69) is 13.8 Å². The van der Waals surface area contributed by atoms with E-state index in [1.165, 1.54) is 89.9 Å². The molecule has 1 rings (SSSR count). The molecule has 0 fully saturated rings. The minimum absolute atomic E-state index is 0.0747. The van der Waals surface area contributed by atoms with Crippen LogP contribution >= 0.6 is 0 Å². The van der Waals surface area contributed by atoms with Crippen LogP contribution in [0.5, 0.6) is 0 Å². The van der Waals surface area contributed by atoms with E-state index in [1.54, 1.807) is 12.2 Å². The van der Waals surface area contributed by atoms with Crippen LogP contribution in [0.2, 0.25) is 0 Å². The van der Waals surface area contributed by atoms with Crippen molar-refractivity contribution in [3.05, 3.63) is 36.5 Å². The number of carbonyl (C=O) groups excluding carboxylic acids is 3. The maximum atomic E-state index is 12.3. The summed E-state index contributed by atoms with van der Waals surface area (Å²) in [7, 11) is 0. The van der Waals surface area contributed by atoms with Crippen molar-refractivity contribution in [1.82, 2.24) is 0 Å². The van der Waals surface area contributed by atoms with Gasteiger partial charge in [0.2, 0.25) is 0 Å². The first-order valence-corrected chi connectivity index (χ1v) is 20.6. The Labute approximate surface area is 305 Å². The van der Waals surface area contributed by atoms with Gasteiger partial charge in [-0.25, -0.2) is 0 Å². The van der Waals surface area contributed by atoms with Gasteiger partial charge in [-0.15, -0.1) is 0 Å². The molecule has 0 aromatic carbocycles. The molecule has 0 unspecified atom stereocenters. The molecular formula is C43H74O7. The van der Waals surface area contributed by atoms with E-state index in [-0.39, 0.29) is 49.2 Å². The molecule has 0 saturated carbocycles.